The number of carbonyl (C=O) groups is 2. The van der Waals surface area contributed by atoms with E-state index in [1.165, 1.54) is 55.5 Å². The highest BCUT2D eigenvalue weighted by Gasteiger charge is 2.18. The average molecular weight is 373 g/mol. The van der Waals surface area contributed by atoms with Gasteiger partial charge in [0.2, 0.25) is 0 Å². The van der Waals surface area contributed by atoms with Gasteiger partial charge >= 0.3 is 11.9 Å². The number of non-ortho nitro benzene ring substituents is 1. The van der Waals surface area contributed by atoms with Crippen LogP contribution in [0.1, 0.15) is 31.1 Å². The fourth-order valence-corrected chi connectivity index (χ4v) is 2.04. The number of nitro groups is 1. The SMILES string of the molecule is CC(C)OC(=O)c1ccc(OC(=O)C(C)Oc2ccc([N+](=O)[O-])cc2)cc1. The second-order valence-electron chi connectivity index (χ2n) is 5.91. The second-order valence-corrected chi connectivity index (χ2v) is 5.91. The highest BCUT2D eigenvalue weighted by Crippen LogP contribution is 2.19. The Kier molecular flexibility index (Phi) is 6.48. The van der Waals surface area contributed by atoms with Crippen LogP contribution in [0.15, 0.2) is 48.5 Å². The Bertz CT molecular complexity index is 813. The molecule has 0 radical (unpaired) electrons. The minimum absolute atomic E-state index is 0.0753. The summed E-state index contributed by atoms with van der Waals surface area (Å²) in [4.78, 5) is 34.0. The van der Waals surface area contributed by atoms with Crippen LogP contribution in [0.3, 0.4) is 0 Å². The second kappa shape index (κ2) is 8.79. The van der Waals surface area contributed by atoms with E-state index in [0.29, 0.717) is 11.3 Å². The lowest BCUT2D eigenvalue weighted by Gasteiger charge is -2.14. The summed E-state index contributed by atoms with van der Waals surface area (Å²) in [5, 5.41) is 10.6. The Labute approximate surface area is 155 Å². The molecule has 0 spiro atoms. The van der Waals surface area contributed by atoms with E-state index in [4.69, 9.17) is 14.2 Å². The number of ether oxygens (including phenoxy) is 3. The predicted molar refractivity (Wildman–Crippen MR) is 95.8 cm³/mol. The molecule has 2 aromatic carbocycles. The van der Waals surface area contributed by atoms with E-state index in [1.54, 1.807) is 13.8 Å². The van der Waals surface area contributed by atoms with E-state index < -0.39 is 23.0 Å². The lowest BCUT2D eigenvalue weighted by Crippen LogP contribution is -2.28. The maximum Gasteiger partial charge on any atom is 0.352 e. The molecular weight excluding hydrogens is 354 g/mol. The molecule has 1 unspecified atom stereocenters. The van der Waals surface area contributed by atoms with Gasteiger partial charge in [-0.3, -0.25) is 10.1 Å². The minimum Gasteiger partial charge on any atom is -0.479 e. The fraction of sp³-hybridized carbons (Fsp3) is 0.263. The van der Waals surface area contributed by atoms with E-state index >= 15 is 0 Å². The van der Waals surface area contributed by atoms with Crippen LogP contribution in [-0.4, -0.2) is 29.1 Å². The number of carbonyl (C=O) groups excluding carboxylic acids is 2. The first-order chi connectivity index (χ1) is 12.8. The van der Waals surface area contributed by atoms with E-state index in [9.17, 15) is 19.7 Å². The summed E-state index contributed by atoms with van der Waals surface area (Å²) < 4.78 is 15.7. The normalized spacial score (nSPS) is 11.6. The zero-order valence-corrected chi connectivity index (χ0v) is 15.1. The summed E-state index contributed by atoms with van der Waals surface area (Å²) in [6.45, 7) is 5.00. The molecule has 0 aromatic heterocycles. The summed E-state index contributed by atoms with van der Waals surface area (Å²) in [5.74, 6) is -0.555. The Morgan fingerprint density at radius 2 is 1.48 bits per heavy atom. The van der Waals surface area contributed by atoms with Gasteiger partial charge in [-0.2, -0.15) is 0 Å². The molecule has 8 nitrogen and oxygen atoms in total. The Morgan fingerprint density at radius 1 is 0.926 bits per heavy atom. The molecule has 2 rings (SSSR count). The maximum absolute atomic E-state index is 12.1. The van der Waals surface area contributed by atoms with Gasteiger partial charge in [-0.05, 0) is 57.2 Å². The molecule has 0 saturated heterocycles. The zero-order chi connectivity index (χ0) is 20.0. The first-order valence-electron chi connectivity index (χ1n) is 8.20. The molecule has 0 fully saturated rings. The number of esters is 2. The number of rotatable bonds is 7. The molecular formula is C19H19NO7. The molecule has 0 amide bonds. The van der Waals surface area contributed by atoms with E-state index in [0.717, 1.165) is 0 Å². The van der Waals surface area contributed by atoms with Crippen molar-refractivity contribution in [2.24, 2.45) is 0 Å². The lowest BCUT2D eigenvalue weighted by molar-refractivity contribution is -0.384. The fourth-order valence-electron chi connectivity index (χ4n) is 2.04. The van der Waals surface area contributed by atoms with Crippen LogP contribution in [0.4, 0.5) is 5.69 Å². The van der Waals surface area contributed by atoms with Crippen LogP contribution in [0, 0.1) is 10.1 Å². The van der Waals surface area contributed by atoms with Crippen molar-refractivity contribution in [1.82, 2.24) is 0 Å². The van der Waals surface area contributed by atoms with Crippen LogP contribution in [0.25, 0.3) is 0 Å². The Hall–Kier alpha value is -3.42. The number of benzene rings is 2. The molecule has 0 N–H and O–H groups in total. The van der Waals surface area contributed by atoms with Crippen molar-refractivity contribution in [3.8, 4) is 11.5 Å². The van der Waals surface area contributed by atoms with Crippen LogP contribution in [-0.2, 0) is 9.53 Å². The largest absolute Gasteiger partial charge is 0.479 e. The molecule has 8 heteroatoms. The van der Waals surface area contributed by atoms with E-state index in [1.807, 2.05) is 0 Å². The number of hydrogen-bond acceptors (Lipinski definition) is 7. The molecule has 0 aliphatic heterocycles. The van der Waals surface area contributed by atoms with E-state index in [-0.39, 0.29) is 17.5 Å². The summed E-state index contributed by atoms with van der Waals surface area (Å²) in [5.41, 5.74) is 0.271. The smallest absolute Gasteiger partial charge is 0.352 e. The van der Waals surface area contributed by atoms with Crippen molar-refractivity contribution in [3.05, 3.63) is 64.2 Å². The van der Waals surface area contributed by atoms with Gasteiger partial charge in [0.25, 0.3) is 5.69 Å². The van der Waals surface area contributed by atoms with Crippen molar-refractivity contribution in [2.45, 2.75) is 33.0 Å². The highest BCUT2D eigenvalue weighted by molar-refractivity contribution is 5.89. The Morgan fingerprint density at radius 3 is 2.00 bits per heavy atom. The molecule has 142 valence electrons. The first-order valence-corrected chi connectivity index (χ1v) is 8.20. The van der Waals surface area contributed by atoms with Crippen molar-refractivity contribution >= 4 is 17.6 Å². The van der Waals surface area contributed by atoms with Gasteiger partial charge in [-0.15, -0.1) is 0 Å². The van der Waals surface area contributed by atoms with Gasteiger partial charge in [0.05, 0.1) is 16.6 Å². The van der Waals surface area contributed by atoms with E-state index in [2.05, 4.69) is 0 Å². The van der Waals surface area contributed by atoms with Gasteiger partial charge in [0.15, 0.2) is 6.10 Å². The average Bonchev–Trinajstić information content (AvgIpc) is 2.62. The highest BCUT2D eigenvalue weighted by atomic mass is 16.6. The third-order valence-electron chi connectivity index (χ3n) is 3.34. The van der Waals surface area contributed by atoms with Crippen LogP contribution < -0.4 is 9.47 Å². The number of nitrogens with zero attached hydrogens (tertiary/aromatic N) is 1. The zero-order valence-electron chi connectivity index (χ0n) is 15.1. The maximum atomic E-state index is 12.1. The predicted octanol–water partition coefficient (Wildman–Crippen LogP) is 3.53. The number of hydrogen-bond donors (Lipinski definition) is 0. The first kappa shape index (κ1) is 19.9. The summed E-state index contributed by atoms with van der Waals surface area (Å²) in [6.07, 6.45) is -1.16. The van der Waals surface area contributed by atoms with Gasteiger partial charge in [-0.1, -0.05) is 0 Å². The van der Waals surface area contributed by atoms with Crippen LogP contribution in [0.5, 0.6) is 11.5 Å². The topological polar surface area (TPSA) is 105 Å². The third-order valence-corrected chi connectivity index (χ3v) is 3.34. The number of nitro benzene ring substituents is 1. The lowest BCUT2D eigenvalue weighted by atomic mass is 10.2. The van der Waals surface area contributed by atoms with Gasteiger partial charge < -0.3 is 14.2 Å². The van der Waals surface area contributed by atoms with Gasteiger partial charge in [-0.25, -0.2) is 9.59 Å². The summed E-state index contributed by atoms with van der Waals surface area (Å²) in [6, 6.07) is 11.3. The molecule has 27 heavy (non-hydrogen) atoms. The minimum atomic E-state index is -0.933. The third kappa shape index (κ3) is 5.81. The molecule has 0 aliphatic carbocycles. The van der Waals surface area contributed by atoms with Crippen LogP contribution in [0.2, 0.25) is 0 Å². The van der Waals surface area contributed by atoms with Crippen molar-refractivity contribution in [2.75, 3.05) is 0 Å². The Balaban J connectivity index is 1.93. The van der Waals surface area contributed by atoms with Crippen molar-refractivity contribution < 1.29 is 28.7 Å². The molecule has 0 aliphatic rings. The summed E-state index contributed by atoms with van der Waals surface area (Å²) in [7, 11) is 0. The van der Waals surface area contributed by atoms with Crippen LogP contribution >= 0.6 is 0 Å². The standard InChI is InChI=1S/C19H19NO7/c1-12(2)25-19(22)14-4-8-17(9-5-14)27-18(21)13(3)26-16-10-6-15(7-11-16)20(23)24/h4-13H,1-3H3. The van der Waals surface area contributed by atoms with Crippen molar-refractivity contribution in [3.63, 3.8) is 0 Å². The molecule has 0 saturated carbocycles. The van der Waals surface area contributed by atoms with Gasteiger partial charge in [0.1, 0.15) is 11.5 Å². The molecule has 2 aromatic rings. The van der Waals surface area contributed by atoms with Crippen molar-refractivity contribution in [1.29, 1.82) is 0 Å². The molecule has 0 bridgehead atoms. The monoisotopic (exact) mass is 373 g/mol. The molecule has 1 atom stereocenters. The van der Waals surface area contributed by atoms with Gasteiger partial charge in [0, 0.05) is 12.1 Å². The quantitative estimate of drug-likeness (QED) is 0.316. The molecule has 0 heterocycles. The summed E-state index contributed by atoms with van der Waals surface area (Å²) >= 11 is 0.